The van der Waals surface area contributed by atoms with E-state index in [1.54, 1.807) is 0 Å². The molecular formula is C53H80O6. The average Bonchev–Trinajstić information content (AvgIpc) is 3.23. The van der Waals surface area contributed by atoms with E-state index < -0.39 is 6.10 Å². The third-order valence-corrected chi connectivity index (χ3v) is 8.73. The summed E-state index contributed by atoms with van der Waals surface area (Å²) in [5, 5.41) is 0. The Morgan fingerprint density at radius 1 is 0.356 bits per heavy atom. The molecule has 0 bridgehead atoms. The van der Waals surface area contributed by atoms with E-state index in [1.165, 1.54) is 0 Å². The van der Waals surface area contributed by atoms with Gasteiger partial charge in [0.15, 0.2) is 6.10 Å². The number of ether oxygens (including phenoxy) is 3. The molecule has 328 valence electrons. The van der Waals surface area contributed by atoms with Gasteiger partial charge < -0.3 is 14.2 Å². The minimum atomic E-state index is -0.830. The minimum absolute atomic E-state index is 0.129. The smallest absolute Gasteiger partial charge is 0.306 e. The maximum atomic E-state index is 12.7. The Morgan fingerprint density at radius 2 is 0.695 bits per heavy atom. The Balaban J connectivity index is 4.59. The Kier molecular flexibility index (Phi) is 42.8. The Bertz CT molecular complexity index is 1350. The van der Waals surface area contributed by atoms with Crippen molar-refractivity contribution in [2.45, 2.75) is 168 Å². The van der Waals surface area contributed by atoms with Gasteiger partial charge in [0.2, 0.25) is 0 Å². The van der Waals surface area contributed by atoms with Crippen LogP contribution in [0, 0.1) is 0 Å². The second-order valence-corrected chi connectivity index (χ2v) is 14.3. The molecule has 6 heteroatoms. The molecule has 0 aliphatic heterocycles. The quantitative estimate of drug-likeness (QED) is 0.0203. The maximum absolute atomic E-state index is 12.7. The van der Waals surface area contributed by atoms with E-state index in [0.717, 1.165) is 109 Å². The topological polar surface area (TPSA) is 78.9 Å². The SMILES string of the molecule is CC\C=C/C=C\C=C/C=C\CCCCCC(=O)OC(COC(=O)CCCC/C=C\C/C=C\C/C=C\CC)COC(=O)CCCCC/C=C\C/C=C\C/C=C\C/C=C\CC. The molecule has 0 saturated carbocycles. The molecule has 0 aromatic rings. The number of allylic oxidation sites excluding steroid dienone is 22. The highest BCUT2D eigenvalue weighted by atomic mass is 16.6. The predicted octanol–water partition coefficient (Wildman–Crippen LogP) is 14.7. The molecule has 0 fully saturated rings. The van der Waals surface area contributed by atoms with E-state index in [2.05, 4.69) is 118 Å². The normalized spacial score (nSPS) is 13.3. The molecule has 0 aliphatic rings. The highest BCUT2D eigenvalue weighted by molar-refractivity contribution is 5.71. The Hall–Kier alpha value is -4.45. The summed E-state index contributed by atoms with van der Waals surface area (Å²) in [7, 11) is 0. The van der Waals surface area contributed by atoms with Crippen molar-refractivity contribution in [3.05, 3.63) is 134 Å². The first kappa shape index (κ1) is 54.6. The largest absolute Gasteiger partial charge is 0.462 e. The lowest BCUT2D eigenvalue weighted by Crippen LogP contribution is -2.30. The molecule has 0 aromatic carbocycles. The highest BCUT2D eigenvalue weighted by Gasteiger charge is 2.19. The molecular weight excluding hydrogens is 733 g/mol. The van der Waals surface area contributed by atoms with Crippen LogP contribution in [-0.2, 0) is 28.6 Å². The zero-order valence-electron chi connectivity index (χ0n) is 37.2. The maximum Gasteiger partial charge on any atom is 0.306 e. The number of unbranched alkanes of at least 4 members (excludes halogenated alkanes) is 8. The first-order valence-corrected chi connectivity index (χ1v) is 22.7. The summed E-state index contributed by atoms with van der Waals surface area (Å²) in [5.74, 6) is -1.05. The van der Waals surface area contributed by atoms with Crippen LogP contribution in [0.25, 0.3) is 0 Å². The molecule has 0 amide bonds. The first-order valence-electron chi connectivity index (χ1n) is 22.7. The number of carbonyl (C=O) groups excluding carboxylic acids is 3. The van der Waals surface area contributed by atoms with Crippen molar-refractivity contribution in [3.8, 4) is 0 Å². The molecule has 0 radical (unpaired) electrons. The third kappa shape index (κ3) is 44.5. The fraction of sp³-hybridized carbons (Fsp3) is 0.528. The van der Waals surface area contributed by atoms with Crippen LogP contribution in [0.2, 0.25) is 0 Å². The van der Waals surface area contributed by atoms with Crippen LogP contribution in [0.5, 0.6) is 0 Å². The Morgan fingerprint density at radius 3 is 1.15 bits per heavy atom. The fourth-order valence-corrected chi connectivity index (χ4v) is 5.40. The molecule has 59 heavy (non-hydrogen) atoms. The van der Waals surface area contributed by atoms with Crippen molar-refractivity contribution in [2.24, 2.45) is 0 Å². The van der Waals surface area contributed by atoms with Gasteiger partial charge >= 0.3 is 17.9 Å². The van der Waals surface area contributed by atoms with Crippen molar-refractivity contribution in [2.75, 3.05) is 13.2 Å². The van der Waals surface area contributed by atoms with Gasteiger partial charge in [-0.2, -0.15) is 0 Å². The van der Waals surface area contributed by atoms with Crippen molar-refractivity contribution in [1.29, 1.82) is 0 Å². The van der Waals surface area contributed by atoms with Gasteiger partial charge in [-0.15, -0.1) is 0 Å². The van der Waals surface area contributed by atoms with Gasteiger partial charge in [-0.1, -0.05) is 167 Å². The van der Waals surface area contributed by atoms with Crippen molar-refractivity contribution in [3.63, 3.8) is 0 Å². The predicted molar refractivity (Wildman–Crippen MR) is 251 cm³/mol. The molecule has 6 nitrogen and oxygen atoms in total. The number of rotatable bonds is 38. The van der Waals surface area contributed by atoms with Crippen molar-refractivity contribution < 1.29 is 28.6 Å². The lowest BCUT2D eigenvalue weighted by atomic mass is 10.1. The number of carbonyl (C=O) groups is 3. The molecule has 0 aliphatic carbocycles. The average molecular weight is 813 g/mol. The highest BCUT2D eigenvalue weighted by Crippen LogP contribution is 2.10. The number of hydrogen-bond donors (Lipinski definition) is 0. The van der Waals surface area contributed by atoms with Crippen LogP contribution in [0.1, 0.15) is 162 Å². The van der Waals surface area contributed by atoms with Crippen LogP contribution in [0.4, 0.5) is 0 Å². The van der Waals surface area contributed by atoms with Crippen molar-refractivity contribution in [1.82, 2.24) is 0 Å². The van der Waals surface area contributed by atoms with Crippen molar-refractivity contribution >= 4 is 17.9 Å². The summed E-state index contributed by atoms with van der Waals surface area (Å²) in [6, 6.07) is 0. The van der Waals surface area contributed by atoms with Crippen LogP contribution < -0.4 is 0 Å². The zero-order valence-corrected chi connectivity index (χ0v) is 37.2. The Labute approximate surface area is 360 Å². The lowest BCUT2D eigenvalue weighted by molar-refractivity contribution is -0.167. The number of hydrogen-bond acceptors (Lipinski definition) is 6. The molecule has 1 unspecified atom stereocenters. The summed E-state index contributed by atoms with van der Waals surface area (Å²) >= 11 is 0. The van der Waals surface area contributed by atoms with E-state index in [0.29, 0.717) is 19.3 Å². The summed E-state index contributed by atoms with van der Waals surface area (Å²) in [6.45, 7) is 6.12. The summed E-state index contributed by atoms with van der Waals surface area (Å²) in [4.78, 5) is 37.8. The zero-order chi connectivity index (χ0) is 43.0. The molecule has 0 aromatic heterocycles. The molecule has 0 spiro atoms. The van der Waals surface area contributed by atoms with Gasteiger partial charge in [0.05, 0.1) is 0 Å². The summed E-state index contributed by atoms with van der Waals surface area (Å²) in [6.07, 6.45) is 64.4. The van der Waals surface area contributed by atoms with Crippen LogP contribution in [0.3, 0.4) is 0 Å². The molecule has 0 saturated heterocycles. The van der Waals surface area contributed by atoms with Crippen LogP contribution in [-0.4, -0.2) is 37.2 Å². The van der Waals surface area contributed by atoms with E-state index in [-0.39, 0.29) is 44.0 Å². The van der Waals surface area contributed by atoms with Crippen LogP contribution >= 0.6 is 0 Å². The van der Waals surface area contributed by atoms with Gasteiger partial charge in [0, 0.05) is 19.3 Å². The minimum Gasteiger partial charge on any atom is -0.462 e. The second kappa shape index (κ2) is 46.2. The molecule has 0 heterocycles. The first-order chi connectivity index (χ1) is 29.0. The summed E-state index contributed by atoms with van der Waals surface area (Å²) < 4.78 is 16.6. The molecule has 0 rings (SSSR count). The third-order valence-electron chi connectivity index (χ3n) is 8.73. The van der Waals surface area contributed by atoms with Crippen LogP contribution in [0.15, 0.2) is 134 Å². The van der Waals surface area contributed by atoms with E-state index >= 15 is 0 Å². The fourth-order valence-electron chi connectivity index (χ4n) is 5.40. The molecule has 1 atom stereocenters. The van der Waals surface area contributed by atoms with Gasteiger partial charge in [0.25, 0.3) is 0 Å². The van der Waals surface area contributed by atoms with Gasteiger partial charge in [-0.05, 0) is 109 Å². The van der Waals surface area contributed by atoms with E-state index in [9.17, 15) is 14.4 Å². The van der Waals surface area contributed by atoms with Gasteiger partial charge in [-0.3, -0.25) is 14.4 Å². The summed E-state index contributed by atoms with van der Waals surface area (Å²) in [5.41, 5.74) is 0. The molecule has 0 N–H and O–H groups in total. The van der Waals surface area contributed by atoms with Gasteiger partial charge in [-0.25, -0.2) is 0 Å². The number of esters is 3. The van der Waals surface area contributed by atoms with E-state index in [4.69, 9.17) is 14.2 Å². The van der Waals surface area contributed by atoms with Gasteiger partial charge in [0.1, 0.15) is 13.2 Å². The van der Waals surface area contributed by atoms with E-state index in [1.807, 2.05) is 36.5 Å². The lowest BCUT2D eigenvalue weighted by Gasteiger charge is -2.18. The second-order valence-electron chi connectivity index (χ2n) is 14.3. The monoisotopic (exact) mass is 813 g/mol. The standard InChI is InChI=1S/C53H80O6/c1-4-7-10-13-16-19-22-25-26-27-29-31-34-37-40-43-46-52(55)58-49-50(48-57-51(54)45-42-39-36-33-30-24-21-18-15-12-9-6-3)59-53(56)47-44-41-38-35-32-28-23-20-17-14-11-8-5-2/h7-12,14,16-21,23,25-26,28-33,50H,4-6,13,15,22,24,27,34-49H2,1-3H3/b10-7-,11-8-,12-9-,17-14-,19-16-,21-18-,23-20-,26-25-,31-29-,32-28-,33-30-.